The summed E-state index contributed by atoms with van der Waals surface area (Å²) >= 11 is 6.90. The minimum absolute atomic E-state index is 0.222. The van der Waals surface area contributed by atoms with E-state index < -0.39 is 17.0 Å². The lowest BCUT2D eigenvalue weighted by Gasteiger charge is -2.31. The highest BCUT2D eigenvalue weighted by Gasteiger charge is 2.39. The van der Waals surface area contributed by atoms with Gasteiger partial charge in [-0.1, -0.05) is 73.1 Å². The molecule has 1 unspecified atom stereocenters. The summed E-state index contributed by atoms with van der Waals surface area (Å²) in [5.74, 6) is -0.222. The number of carbonyl (C=O) groups is 1. The first-order chi connectivity index (χ1) is 16.7. The van der Waals surface area contributed by atoms with Crippen LogP contribution in [0.25, 0.3) is 0 Å². The Morgan fingerprint density at radius 3 is 2.49 bits per heavy atom. The molecule has 4 nitrogen and oxygen atoms in total. The Balaban J connectivity index is 2.11. The second-order valence-corrected chi connectivity index (χ2v) is 9.77. The van der Waals surface area contributed by atoms with Crippen LogP contribution in [0.2, 0.25) is 5.02 Å². The van der Waals surface area contributed by atoms with E-state index in [1.807, 2.05) is 13.0 Å². The summed E-state index contributed by atoms with van der Waals surface area (Å²) in [7, 11) is 0. The van der Waals surface area contributed by atoms with Gasteiger partial charge in [-0.05, 0) is 42.7 Å². The minimum Gasteiger partial charge on any atom is -0.339 e. The minimum atomic E-state index is -4.62. The molecule has 1 atom stereocenters. The predicted octanol–water partition coefficient (Wildman–Crippen LogP) is 6.87. The SMILES string of the molecule is CCC/C=C(/C(=Nc1ccc(Cl)cc1C)SC(C(=O)N1CCNCC1)c1ccccc1)C(F)(F)F. The van der Waals surface area contributed by atoms with Gasteiger partial charge in [0.25, 0.3) is 0 Å². The van der Waals surface area contributed by atoms with Gasteiger partial charge < -0.3 is 10.2 Å². The van der Waals surface area contributed by atoms with E-state index in [0.717, 1.165) is 11.8 Å². The van der Waals surface area contributed by atoms with Gasteiger partial charge in [0.1, 0.15) is 10.3 Å². The molecule has 1 N–H and O–H groups in total. The number of allylic oxidation sites excluding steroid dienone is 1. The van der Waals surface area contributed by atoms with Crippen molar-refractivity contribution in [1.29, 1.82) is 0 Å². The quantitative estimate of drug-likeness (QED) is 0.318. The van der Waals surface area contributed by atoms with E-state index in [1.54, 1.807) is 54.3 Å². The number of aliphatic imine (C=N–C) groups is 1. The van der Waals surface area contributed by atoms with Gasteiger partial charge in [-0.15, -0.1) is 0 Å². The van der Waals surface area contributed by atoms with Gasteiger partial charge in [-0.3, -0.25) is 4.79 Å². The fourth-order valence-corrected chi connectivity index (χ4v) is 5.14. The van der Waals surface area contributed by atoms with Crippen LogP contribution in [0.15, 0.2) is 65.2 Å². The fraction of sp³-hybridized carbons (Fsp3) is 0.385. The summed E-state index contributed by atoms with van der Waals surface area (Å²) < 4.78 is 42.8. The number of nitrogens with zero attached hydrogens (tertiary/aromatic N) is 2. The molecule has 0 bridgehead atoms. The summed E-state index contributed by atoms with van der Waals surface area (Å²) in [5, 5.41) is 2.58. The highest BCUT2D eigenvalue weighted by atomic mass is 35.5. The number of halogens is 4. The number of benzene rings is 2. The van der Waals surface area contributed by atoms with E-state index in [-0.39, 0.29) is 17.4 Å². The molecule has 1 aliphatic rings. The Kier molecular flexibility index (Phi) is 9.83. The number of hydrogen-bond acceptors (Lipinski definition) is 4. The van der Waals surface area contributed by atoms with Crippen molar-refractivity contribution in [3.63, 3.8) is 0 Å². The number of aryl methyl sites for hydroxylation is 1. The Morgan fingerprint density at radius 2 is 1.89 bits per heavy atom. The number of rotatable bonds is 7. The number of piperazine rings is 1. The second kappa shape index (κ2) is 12.6. The molecule has 1 fully saturated rings. The van der Waals surface area contributed by atoms with E-state index in [2.05, 4.69) is 10.3 Å². The summed E-state index contributed by atoms with van der Waals surface area (Å²) in [5.41, 5.74) is 0.841. The van der Waals surface area contributed by atoms with E-state index >= 15 is 0 Å². The third-order valence-corrected chi connectivity index (χ3v) is 7.02. The topological polar surface area (TPSA) is 44.7 Å². The summed E-state index contributed by atoms with van der Waals surface area (Å²) in [6, 6.07) is 13.8. The Labute approximate surface area is 213 Å². The van der Waals surface area contributed by atoms with Crippen molar-refractivity contribution < 1.29 is 18.0 Å². The molecule has 1 aliphatic heterocycles. The predicted molar refractivity (Wildman–Crippen MR) is 139 cm³/mol. The average molecular weight is 524 g/mol. The van der Waals surface area contributed by atoms with E-state index in [1.165, 1.54) is 6.08 Å². The molecule has 188 valence electrons. The molecule has 0 spiro atoms. The Hall–Kier alpha value is -2.29. The molecule has 0 aromatic heterocycles. The van der Waals surface area contributed by atoms with Crippen molar-refractivity contribution in [2.24, 2.45) is 4.99 Å². The average Bonchev–Trinajstić information content (AvgIpc) is 2.84. The number of amides is 1. The molecule has 9 heteroatoms. The van der Waals surface area contributed by atoms with Crippen LogP contribution in [0.1, 0.15) is 36.1 Å². The van der Waals surface area contributed by atoms with Crippen LogP contribution >= 0.6 is 23.4 Å². The van der Waals surface area contributed by atoms with Crippen molar-refractivity contribution in [3.8, 4) is 0 Å². The maximum atomic E-state index is 14.3. The number of thioether (sulfide) groups is 1. The van der Waals surface area contributed by atoms with Gasteiger partial charge in [0, 0.05) is 31.2 Å². The third-order valence-electron chi connectivity index (χ3n) is 5.54. The van der Waals surface area contributed by atoms with Gasteiger partial charge in [0.2, 0.25) is 5.91 Å². The van der Waals surface area contributed by atoms with Crippen molar-refractivity contribution in [2.75, 3.05) is 26.2 Å². The molecule has 0 saturated carbocycles. The van der Waals surface area contributed by atoms with Gasteiger partial charge in [-0.25, -0.2) is 4.99 Å². The lowest BCUT2D eigenvalue weighted by molar-refractivity contribution is -0.131. The van der Waals surface area contributed by atoms with Gasteiger partial charge in [-0.2, -0.15) is 13.2 Å². The zero-order valence-electron chi connectivity index (χ0n) is 19.7. The molecule has 1 saturated heterocycles. The highest BCUT2D eigenvalue weighted by molar-refractivity contribution is 8.15. The van der Waals surface area contributed by atoms with E-state index in [9.17, 15) is 18.0 Å². The smallest absolute Gasteiger partial charge is 0.339 e. The number of hydrogen-bond donors (Lipinski definition) is 1. The zero-order valence-corrected chi connectivity index (χ0v) is 21.3. The standard InChI is InChI=1S/C26H29ClF3N3OS/c1-3-4-10-21(26(28,29)30)24(32-22-12-11-20(27)17-18(22)2)35-23(19-8-6-5-7-9-19)25(34)33-15-13-31-14-16-33/h5-12,17,23,31H,3-4,13-16H2,1-2H3/b21-10-,32-24?. The van der Waals surface area contributed by atoms with Crippen molar-refractivity contribution in [3.05, 3.63) is 76.3 Å². The monoisotopic (exact) mass is 523 g/mol. The fourth-order valence-electron chi connectivity index (χ4n) is 3.67. The number of alkyl halides is 3. The number of nitrogens with one attached hydrogen (secondary N) is 1. The van der Waals surface area contributed by atoms with Gasteiger partial charge in [0.05, 0.1) is 11.3 Å². The highest BCUT2D eigenvalue weighted by Crippen LogP contribution is 2.40. The molecular formula is C26H29ClF3N3OS. The molecule has 0 aliphatic carbocycles. The molecule has 1 amide bonds. The molecule has 1 heterocycles. The molecule has 2 aromatic rings. The number of unbranched alkanes of at least 4 members (excludes halogenated alkanes) is 1. The van der Waals surface area contributed by atoms with Crippen molar-refractivity contribution >= 4 is 40.0 Å². The Bertz CT molecular complexity index is 1070. The molecule has 35 heavy (non-hydrogen) atoms. The maximum absolute atomic E-state index is 14.3. The zero-order chi connectivity index (χ0) is 25.4. The summed E-state index contributed by atoms with van der Waals surface area (Å²) in [4.78, 5) is 19.8. The molecule has 0 radical (unpaired) electrons. The van der Waals surface area contributed by atoms with Crippen molar-refractivity contribution in [2.45, 2.75) is 38.1 Å². The van der Waals surface area contributed by atoms with Crippen LogP contribution in [0, 0.1) is 6.92 Å². The lowest BCUT2D eigenvalue weighted by Crippen LogP contribution is -2.47. The molecule has 2 aromatic carbocycles. The van der Waals surface area contributed by atoms with E-state index in [0.29, 0.717) is 54.4 Å². The molecular weight excluding hydrogens is 495 g/mol. The normalized spacial score (nSPS) is 16.3. The van der Waals surface area contributed by atoms with Crippen LogP contribution in [0.3, 0.4) is 0 Å². The van der Waals surface area contributed by atoms with Crippen LogP contribution in [-0.4, -0.2) is 48.2 Å². The largest absolute Gasteiger partial charge is 0.418 e. The first-order valence-corrected chi connectivity index (χ1v) is 12.8. The van der Waals surface area contributed by atoms with E-state index in [4.69, 9.17) is 11.6 Å². The van der Waals surface area contributed by atoms with Crippen LogP contribution in [0.5, 0.6) is 0 Å². The second-order valence-electron chi connectivity index (χ2n) is 8.24. The Morgan fingerprint density at radius 1 is 1.20 bits per heavy atom. The number of carbonyl (C=O) groups excluding carboxylic acids is 1. The lowest BCUT2D eigenvalue weighted by atomic mass is 10.1. The van der Waals surface area contributed by atoms with Crippen LogP contribution in [0.4, 0.5) is 18.9 Å². The molecule has 3 rings (SSSR count). The first kappa shape index (κ1) is 27.3. The summed E-state index contributed by atoms with van der Waals surface area (Å²) in [6.45, 7) is 5.86. The van der Waals surface area contributed by atoms with Crippen molar-refractivity contribution in [1.82, 2.24) is 10.2 Å². The third kappa shape index (κ3) is 7.59. The summed E-state index contributed by atoms with van der Waals surface area (Å²) in [6.07, 6.45) is -2.65. The van der Waals surface area contributed by atoms with Gasteiger partial charge >= 0.3 is 6.18 Å². The van der Waals surface area contributed by atoms with Crippen LogP contribution in [-0.2, 0) is 4.79 Å². The first-order valence-electron chi connectivity index (χ1n) is 11.5. The van der Waals surface area contributed by atoms with Gasteiger partial charge in [0.15, 0.2) is 0 Å². The maximum Gasteiger partial charge on any atom is 0.418 e. The van der Waals surface area contributed by atoms with Crippen LogP contribution < -0.4 is 5.32 Å².